The molecule has 0 atom stereocenters. The molecule has 0 spiro atoms. The highest BCUT2D eigenvalue weighted by Gasteiger charge is 2.19. The van der Waals surface area contributed by atoms with Crippen molar-refractivity contribution in [1.82, 2.24) is 9.88 Å². The maximum absolute atomic E-state index is 11.4. The zero-order chi connectivity index (χ0) is 16.0. The number of carbonyl (C=O) groups excluding carboxylic acids is 2. The quantitative estimate of drug-likeness (QED) is 0.466. The number of hydrogen-bond acceptors (Lipinski definition) is 7. The molecule has 0 aliphatic heterocycles. The summed E-state index contributed by atoms with van der Waals surface area (Å²) in [6.07, 6.45) is 0.147. The molecule has 0 saturated heterocycles. The van der Waals surface area contributed by atoms with Gasteiger partial charge in [-0.25, -0.2) is 9.78 Å². The highest BCUT2D eigenvalue weighted by atomic mass is 16.6. The Balaban J connectivity index is 2.89. The highest BCUT2D eigenvalue weighted by molar-refractivity contribution is 5.88. The average Bonchev–Trinajstić information content (AvgIpc) is 2.45. The van der Waals surface area contributed by atoms with Crippen LogP contribution in [0.25, 0.3) is 0 Å². The molecule has 0 aliphatic rings. The summed E-state index contributed by atoms with van der Waals surface area (Å²) in [5, 5.41) is 13.6. The van der Waals surface area contributed by atoms with Crippen molar-refractivity contribution in [1.29, 1.82) is 0 Å². The number of aromatic nitrogens is 1. The van der Waals surface area contributed by atoms with Crippen LogP contribution >= 0.6 is 0 Å². The number of hydrogen-bond donors (Lipinski definition) is 1. The number of nitro groups is 1. The van der Waals surface area contributed by atoms with E-state index in [0.29, 0.717) is 0 Å². The molecule has 0 bridgehead atoms. The number of carbonyl (C=O) groups is 2. The minimum absolute atomic E-state index is 0.0514. The molecule has 0 unspecified atom stereocenters. The monoisotopic (exact) mass is 296 g/mol. The van der Waals surface area contributed by atoms with E-state index in [4.69, 9.17) is 0 Å². The second-order valence-corrected chi connectivity index (χ2v) is 4.28. The van der Waals surface area contributed by atoms with Crippen molar-refractivity contribution in [3.8, 4) is 0 Å². The lowest BCUT2D eigenvalue weighted by Crippen LogP contribution is -2.24. The van der Waals surface area contributed by atoms with Gasteiger partial charge in [0.1, 0.15) is 0 Å². The first-order valence-corrected chi connectivity index (χ1v) is 6.04. The maximum Gasteiger partial charge on any atom is 0.356 e. The van der Waals surface area contributed by atoms with Crippen LogP contribution < -0.4 is 5.32 Å². The van der Waals surface area contributed by atoms with Crippen LogP contribution in [0.5, 0.6) is 0 Å². The van der Waals surface area contributed by atoms with E-state index >= 15 is 0 Å². The van der Waals surface area contributed by atoms with E-state index in [1.807, 2.05) is 0 Å². The number of anilines is 1. The standard InChI is InChI=1S/C12H16N4O5/c1-15(2)10(17)6-7-13-11-9(16(19)20)5-4-8(14-11)12(18)21-3/h4-5H,6-7H2,1-3H3,(H,13,14). The largest absolute Gasteiger partial charge is 0.464 e. The summed E-state index contributed by atoms with van der Waals surface area (Å²) in [5.74, 6) is -0.902. The van der Waals surface area contributed by atoms with Crippen molar-refractivity contribution in [3.63, 3.8) is 0 Å². The van der Waals surface area contributed by atoms with Crippen LogP contribution in [0.3, 0.4) is 0 Å². The first-order chi connectivity index (χ1) is 9.86. The minimum Gasteiger partial charge on any atom is -0.464 e. The molecular weight excluding hydrogens is 280 g/mol. The summed E-state index contributed by atoms with van der Waals surface area (Å²) in [7, 11) is 4.41. The molecule has 1 heterocycles. The van der Waals surface area contributed by atoms with E-state index < -0.39 is 10.9 Å². The van der Waals surface area contributed by atoms with Crippen LogP contribution in [-0.4, -0.2) is 54.4 Å². The molecule has 1 rings (SSSR count). The van der Waals surface area contributed by atoms with Gasteiger partial charge in [0.2, 0.25) is 11.7 Å². The lowest BCUT2D eigenvalue weighted by molar-refractivity contribution is -0.384. The zero-order valence-electron chi connectivity index (χ0n) is 12.0. The average molecular weight is 296 g/mol. The van der Waals surface area contributed by atoms with Gasteiger partial charge in [-0.3, -0.25) is 14.9 Å². The van der Waals surface area contributed by atoms with Gasteiger partial charge < -0.3 is 15.0 Å². The third-order valence-electron chi connectivity index (χ3n) is 2.60. The lowest BCUT2D eigenvalue weighted by Gasteiger charge is -2.11. The van der Waals surface area contributed by atoms with Crippen LogP contribution in [0, 0.1) is 10.1 Å². The topological polar surface area (TPSA) is 115 Å². The Morgan fingerprint density at radius 3 is 2.62 bits per heavy atom. The van der Waals surface area contributed by atoms with Crippen molar-refractivity contribution < 1.29 is 19.2 Å². The van der Waals surface area contributed by atoms with E-state index in [2.05, 4.69) is 15.0 Å². The van der Waals surface area contributed by atoms with Gasteiger partial charge in [0.15, 0.2) is 5.69 Å². The normalized spacial score (nSPS) is 9.86. The van der Waals surface area contributed by atoms with Gasteiger partial charge >= 0.3 is 11.7 Å². The van der Waals surface area contributed by atoms with Gasteiger partial charge in [0.25, 0.3) is 0 Å². The molecule has 1 aromatic heterocycles. The Morgan fingerprint density at radius 1 is 1.43 bits per heavy atom. The molecule has 0 aliphatic carbocycles. The highest BCUT2D eigenvalue weighted by Crippen LogP contribution is 2.22. The number of ether oxygens (including phenoxy) is 1. The molecule has 21 heavy (non-hydrogen) atoms. The van der Waals surface area contributed by atoms with Gasteiger partial charge in [-0.2, -0.15) is 0 Å². The molecule has 0 saturated carbocycles. The van der Waals surface area contributed by atoms with E-state index in [1.165, 1.54) is 18.1 Å². The number of pyridine rings is 1. The number of amides is 1. The fourth-order valence-corrected chi connectivity index (χ4v) is 1.46. The summed E-state index contributed by atoms with van der Waals surface area (Å²) in [6, 6.07) is 2.37. The van der Waals surface area contributed by atoms with Gasteiger partial charge in [0, 0.05) is 33.1 Å². The van der Waals surface area contributed by atoms with Crippen LogP contribution in [0.15, 0.2) is 12.1 Å². The summed E-state index contributed by atoms with van der Waals surface area (Å²) < 4.78 is 4.51. The molecule has 0 aromatic carbocycles. The molecule has 114 valence electrons. The second kappa shape index (κ2) is 7.17. The predicted molar refractivity (Wildman–Crippen MR) is 74.0 cm³/mol. The summed E-state index contributed by atoms with van der Waals surface area (Å²) >= 11 is 0. The number of esters is 1. The first kappa shape index (κ1) is 16.3. The van der Waals surface area contributed by atoms with Crippen molar-refractivity contribution in [2.75, 3.05) is 33.1 Å². The van der Waals surface area contributed by atoms with E-state index in [0.717, 1.165) is 6.07 Å². The third kappa shape index (κ3) is 4.41. The minimum atomic E-state index is -0.697. The van der Waals surface area contributed by atoms with Gasteiger partial charge in [-0.05, 0) is 6.07 Å². The fraction of sp³-hybridized carbons (Fsp3) is 0.417. The Bertz CT molecular complexity index is 559. The lowest BCUT2D eigenvalue weighted by atomic mass is 10.3. The van der Waals surface area contributed by atoms with E-state index in [-0.39, 0.29) is 36.1 Å². The molecule has 9 heteroatoms. The van der Waals surface area contributed by atoms with Gasteiger partial charge in [-0.15, -0.1) is 0 Å². The molecular formula is C12H16N4O5. The molecule has 0 fully saturated rings. The van der Waals surface area contributed by atoms with Crippen molar-refractivity contribution in [2.24, 2.45) is 0 Å². The third-order valence-corrected chi connectivity index (χ3v) is 2.60. The van der Waals surface area contributed by atoms with Crippen molar-refractivity contribution in [3.05, 3.63) is 27.9 Å². The second-order valence-electron chi connectivity index (χ2n) is 4.28. The van der Waals surface area contributed by atoms with Crippen LogP contribution in [0.4, 0.5) is 11.5 Å². The van der Waals surface area contributed by atoms with Crippen LogP contribution in [0.1, 0.15) is 16.9 Å². The van der Waals surface area contributed by atoms with Crippen molar-refractivity contribution >= 4 is 23.4 Å². The van der Waals surface area contributed by atoms with E-state index in [9.17, 15) is 19.7 Å². The number of rotatable bonds is 6. The number of nitrogens with one attached hydrogen (secondary N) is 1. The number of nitrogens with zero attached hydrogens (tertiary/aromatic N) is 3. The van der Waals surface area contributed by atoms with Crippen LogP contribution in [0.2, 0.25) is 0 Å². The van der Waals surface area contributed by atoms with Crippen molar-refractivity contribution in [2.45, 2.75) is 6.42 Å². The molecule has 9 nitrogen and oxygen atoms in total. The molecule has 0 radical (unpaired) electrons. The molecule has 1 aromatic rings. The summed E-state index contributed by atoms with van der Waals surface area (Å²) in [5.41, 5.74) is -0.329. The zero-order valence-corrected chi connectivity index (χ0v) is 12.0. The summed E-state index contributed by atoms with van der Waals surface area (Å²) in [4.78, 5) is 38.4. The Kier molecular flexibility index (Phi) is 5.58. The number of methoxy groups -OCH3 is 1. The Hall–Kier alpha value is -2.71. The Morgan fingerprint density at radius 2 is 2.10 bits per heavy atom. The van der Waals surface area contributed by atoms with Gasteiger partial charge in [-0.1, -0.05) is 0 Å². The van der Waals surface area contributed by atoms with Gasteiger partial charge in [0.05, 0.1) is 12.0 Å². The molecule has 1 N–H and O–H groups in total. The smallest absolute Gasteiger partial charge is 0.356 e. The molecule has 1 amide bonds. The Labute approximate surface area is 121 Å². The maximum atomic E-state index is 11.4. The SMILES string of the molecule is COC(=O)c1ccc([N+](=O)[O-])c(NCCC(=O)N(C)C)n1. The van der Waals surface area contributed by atoms with Crippen LogP contribution in [-0.2, 0) is 9.53 Å². The fourth-order valence-electron chi connectivity index (χ4n) is 1.46. The predicted octanol–water partition coefficient (Wildman–Crippen LogP) is 0.667. The van der Waals surface area contributed by atoms with E-state index in [1.54, 1.807) is 14.1 Å². The summed E-state index contributed by atoms with van der Waals surface area (Å²) in [6.45, 7) is 0.162. The first-order valence-electron chi connectivity index (χ1n) is 6.04.